The second-order valence-electron chi connectivity index (χ2n) is 10.3. The first kappa shape index (κ1) is 27.6. The van der Waals surface area contributed by atoms with Crippen LogP contribution >= 0.6 is 0 Å². The normalized spacial score (nSPS) is 17.6. The molecular formula is C27H31F3N4O4. The average molecular weight is 533 g/mol. The zero-order valence-corrected chi connectivity index (χ0v) is 22.3. The van der Waals surface area contributed by atoms with Gasteiger partial charge in [-0.25, -0.2) is 14.4 Å². The number of aryl methyl sites for hydroxylation is 1. The molecular weight excluding hydrogens is 501 g/mol. The fourth-order valence-corrected chi connectivity index (χ4v) is 4.62. The van der Waals surface area contributed by atoms with Gasteiger partial charge in [0.25, 0.3) is 5.91 Å². The molecule has 0 fully saturated rings. The highest BCUT2D eigenvalue weighted by Crippen LogP contribution is 2.43. The van der Waals surface area contributed by atoms with Crippen LogP contribution in [-0.4, -0.2) is 52.9 Å². The van der Waals surface area contributed by atoms with E-state index < -0.39 is 41.2 Å². The summed E-state index contributed by atoms with van der Waals surface area (Å²) >= 11 is 0. The van der Waals surface area contributed by atoms with Crippen molar-refractivity contribution in [3.8, 4) is 5.75 Å². The third-order valence-corrected chi connectivity index (χ3v) is 6.72. The van der Waals surface area contributed by atoms with Crippen molar-refractivity contribution in [2.75, 3.05) is 31.0 Å². The fraction of sp³-hybridized carbons (Fsp3) is 0.444. The van der Waals surface area contributed by atoms with Gasteiger partial charge in [-0.3, -0.25) is 4.79 Å². The Hall–Kier alpha value is -3.44. The number of halogens is 3. The first-order chi connectivity index (χ1) is 17.6. The Labute approximate surface area is 218 Å². The highest BCUT2D eigenvalue weighted by molar-refractivity contribution is 6.05. The summed E-state index contributed by atoms with van der Waals surface area (Å²) in [6, 6.07) is 6.25. The van der Waals surface area contributed by atoms with E-state index in [0.717, 1.165) is 13.0 Å². The summed E-state index contributed by atoms with van der Waals surface area (Å²) in [7, 11) is 2.82. The van der Waals surface area contributed by atoms with E-state index in [2.05, 4.69) is 15.3 Å². The maximum atomic E-state index is 15.5. The Morgan fingerprint density at radius 1 is 1.26 bits per heavy atom. The molecule has 0 unspecified atom stereocenters. The van der Waals surface area contributed by atoms with Crippen molar-refractivity contribution in [2.45, 2.75) is 57.8 Å². The Bertz CT molecular complexity index is 1410. The number of nitrogens with one attached hydrogen (secondary N) is 1. The molecule has 1 aliphatic rings. The number of rotatable bonds is 7. The van der Waals surface area contributed by atoms with E-state index in [0.29, 0.717) is 34.0 Å². The largest absolute Gasteiger partial charge is 0.476 e. The van der Waals surface area contributed by atoms with Crippen molar-refractivity contribution in [1.29, 1.82) is 0 Å². The van der Waals surface area contributed by atoms with E-state index in [-0.39, 0.29) is 11.5 Å². The number of hydrogen-bond acceptors (Lipinski definition) is 7. The van der Waals surface area contributed by atoms with Gasteiger partial charge < -0.3 is 24.8 Å². The van der Waals surface area contributed by atoms with Gasteiger partial charge in [0.1, 0.15) is 23.2 Å². The molecule has 2 atom stereocenters. The van der Waals surface area contributed by atoms with Gasteiger partial charge in [-0.2, -0.15) is 8.78 Å². The van der Waals surface area contributed by atoms with Crippen LogP contribution in [0.4, 0.5) is 24.7 Å². The highest BCUT2D eigenvalue weighted by Gasteiger charge is 2.52. The third-order valence-electron chi connectivity index (χ3n) is 6.72. The minimum Gasteiger partial charge on any atom is -0.476 e. The topological polar surface area (TPSA) is 96.8 Å². The molecule has 1 amide bonds. The predicted octanol–water partition coefficient (Wildman–Crippen LogP) is 4.87. The van der Waals surface area contributed by atoms with Crippen molar-refractivity contribution in [1.82, 2.24) is 9.97 Å². The van der Waals surface area contributed by atoms with Crippen LogP contribution in [-0.2, 0) is 15.5 Å². The first-order valence-corrected chi connectivity index (χ1v) is 12.0. The van der Waals surface area contributed by atoms with Gasteiger partial charge in [-0.05, 0) is 46.8 Å². The molecule has 0 bridgehead atoms. The monoisotopic (exact) mass is 532 g/mol. The molecule has 1 aliphatic heterocycles. The summed E-state index contributed by atoms with van der Waals surface area (Å²) in [5.41, 5.74) is -3.62. The number of ether oxygens (including phenoxy) is 2. The zero-order valence-electron chi connectivity index (χ0n) is 22.3. The van der Waals surface area contributed by atoms with Gasteiger partial charge in [0.15, 0.2) is 11.2 Å². The number of carbonyl (C=O) groups excluding carboxylic acids is 1. The lowest BCUT2D eigenvalue weighted by molar-refractivity contribution is -0.201. The summed E-state index contributed by atoms with van der Waals surface area (Å²) in [5, 5.41) is 13.9. The SMILES string of the molecule is COC[C@@](C)(O)C(F)(F)c1cccc([C@@H](C)Nc2nc(C)nc3cc4c(cc23)N(C)C(=O)C(C)(C)O4)c1F. The average Bonchev–Trinajstić information content (AvgIpc) is 2.81. The van der Waals surface area contributed by atoms with Gasteiger partial charge in [0.05, 0.1) is 29.4 Å². The maximum absolute atomic E-state index is 15.5. The van der Waals surface area contributed by atoms with E-state index in [1.807, 2.05) is 0 Å². The van der Waals surface area contributed by atoms with Crippen LogP contribution < -0.4 is 15.0 Å². The molecule has 1 aromatic heterocycles. The Balaban J connectivity index is 1.75. The number of aromatic nitrogens is 2. The number of nitrogens with zero attached hydrogens (tertiary/aromatic N) is 3. The van der Waals surface area contributed by atoms with Crippen LogP contribution in [0.1, 0.15) is 50.7 Å². The first-order valence-electron chi connectivity index (χ1n) is 12.0. The Morgan fingerprint density at radius 2 is 1.95 bits per heavy atom. The van der Waals surface area contributed by atoms with Crippen molar-refractivity contribution in [3.63, 3.8) is 0 Å². The molecule has 0 radical (unpaired) electrons. The number of fused-ring (bicyclic) bond motifs is 2. The lowest BCUT2D eigenvalue weighted by atomic mass is 9.90. The molecule has 38 heavy (non-hydrogen) atoms. The second kappa shape index (κ2) is 9.39. The number of methoxy groups -OCH3 is 1. The van der Waals surface area contributed by atoms with Gasteiger partial charge in [-0.15, -0.1) is 0 Å². The summed E-state index contributed by atoms with van der Waals surface area (Å²) in [5.74, 6) is -4.08. The molecule has 11 heteroatoms. The zero-order chi connectivity index (χ0) is 28.2. The summed E-state index contributed by atoms with van der Waals surface area (Å²) in [4.78, 5) is 23.2. The van der Waals surface area contributed by atoms with Crippen LogP contribution in [0, 0.1) is 12.7 Å². The van der Waals surface area contributed by atoms with E-state index >= 15 is 13.2 Å². The second-order valence-corrected chi connectivity index (χ2v) is 10.3. The van der Waals surface area contributed by atoms with Crippen molar-refractivity contribution in [2.24, 2.45) is 0 Å². The molecule has 2 N–H and O–H groups in total. The van der Waals surface area contributed by atoms with Crippen LogP contribution in [0.2, 0.25) is 0 Å². The molecule has 2 aromatic carbocycles. The number of anilines is 2. The predicted molar refractivity (Wildman–Crippen MR) is 137 cm³/mol. The molecule has 204 valence electrons. The minimum absolute atomic E-state index is 0.0462. The van der Waals surface area contributed by atoms with Crippen LogP contribution in [0.15, 0.2) is 30.3 Å². The summed E-state index contributed by atoms with van der Waals surface area (Å²) in [6.45, 7) is 6.87. The van der Waals surface area contributed by atoms with Crippen LogP contribution in [0.5, 0.6) is 5.75 Å². The lowest BCUT2D eigenvalue weighted by Crippen LogP contribution is -2.50. The van der Waals surface area contributed by atoms with Crippen molar-refractivity contribution < 1.29 is 32.5 Å². The van der Waals surface area contributed by atoms with Gasteiger partial charge >= 0.3 is 5.92 Å². The van der Waals surface area contributed by atoms with Gasteiger partial charge in [0.2, 0.25) is 0 Å². The number of aliphatic hydroxyl groups is 1. The van der Waals surface area contributed by atoms with Gasteiger partial charge in [-0.1, -0.05) is 12.1 Å². The fourth-order valence-electron chi connectivity index (χ4n) is 4.62. The highest BCUT2D eigenvalue weighted by atomic mass is 19.3. The molecule has 8 nitrogen and oxygen atoms in total. The molecule has 0 aliphatic carbocycles. The number of likely N-dealkylation sites (N-methyl/N-ethyl adjacent to an activating group) is 1. The third kappa shape index (κ3) is 4.54. The lowest BCUT2D eigenvalue weighted by Gasteiger charge is -2.37. The smallest absolute Gasteiger partial charge is 0.306 e. The van der Waals surface area contributed by atoms with Crippen molar-refractivity contribution in [3.05, 3.63) is 53.1 Å². The minimum atomic E-state index is -3.93. The number of alkyl halides is 2. The molecule has 0 spiro atoms. The van der Waals surface area contributed by atoms with E-state index in [1.165, 1.54) is 24.1 Å². The van der Waals surface area contributed by atoms with E-state index in [1.54, 1.807) is 46.9 Å². The standard InChI is InChI=1S/C27H31F3N4O4/c1-14(16-9-8-10-18(22(16)28)27(29,30)26(5,36)13-37-7)31-23-17-11-20-21(12-19(17)32-15(2)33-23)38-25(3,4)24(35)34(20)6/h8-12,14,36H,13H2,1-7H3,(H,31,32,33)/t14-,26-/m1/s1. The number of amides is 1. The van der Waals surface area contributed by atoms with E-state index in [9.17, 15) is 9.90 Å². The molecule has 4 rings (SSSR count). The quantitative estimate of drug-likeness (QED) is 0.448. The Kier molecular flexibility index (Phi) is 6.82. The summed E-state index contributed by atoms with van der Waals surface area (Å²) < 4.78 is 56.4. The van der Waals surface area contributed by atoms with Crippen LogP contribution in [0.25, 0.3) is 10.9 Å². The van der Waals surface area contributed by atoms with Gasteiger partial charge in [0, 0.05) is 31.2 Å². The molecule has 2 heterocycles. The molecule has 3 aromatic rings. The van der Waals surface area contributed by atoms with Crippen LogP contribution in [0.3, 0.4) is 0 Å². The maximum Gasteiger partial charge on any atom is 0.306 e. The molecule has 0 saturated carbocycles. The number of benzene rings is 2. The van der Waals surface area contributed by atoms with E-state index in [4.69, 9.17) is 9.47 Å². The summed E-state index contributed by atoms with van der Waals surface area (Å²) in [6.07, 6.45) is 0. The van der Waals surface area contributed by atoms with Crippen molar-refractivity contribution >= 4 is 28.3 Å². The molecule has 0 saturated heterocycles. The number of hydrogen-bond donors (Lipinski definition) is 2. The Morgan fingerprint density at radius 3 is 2.61 bits per heavy atom. The number of carbonyl (C=O) groups is 1.